The summed E-state index contributed by atoms with van der Waals surface area (Å²) in [5, 5.41) is 10.6. The average Bonchev–Trinajstić information content (AvgIpc) is 2.34. The predicted molar refractivity (Wildman–Crippen MR) is 68.3 cm³/mol. The van der Waals surface area contributed by atoms with Crippen LogP contribution < -0.4 is 0 Å². The van der Waals surface area contributed by atoms with Crippen molar-refractivity contribution < 1.29 is 9.90 Å². The Labute approximate surface area is 105 Å². The standard InChI is InChI=1S/C14H14N2O2/c1-14(18)8-16(9-14)13(17)11-4-5-12-10(7-11)3-2-6-15-12/h2-7,18H,8-9H2,1H3. The van der Waals surface area contributed by atoms with Crippen LogP contribution in [0.5, 0.6) is 0 Å². The van der Waals surface area contributed by atoms with Crippen LogP contribution in [0.2, 0.25) is 0 Å². The lowest BCUT2D eigenvalue weighted by molar-refractivity contribution is -0.0668. The number of fused-ring (bicyclic) bond motifs is 1. The second-order valence-electron chi connectivity index (χ2n) is 5.07. The van der Waals surface area contributed by atoms with E-state index >= 15 is 0 Å². The lowest BCUT2D eigenvalue weighted by Gasteiger charge is -2.44. The van der Waals surface area contributed by atoms with Crippen molar-refractivity contribution in [3.63, 3.8) is 0 Å². The molecule has 4 nitrogen and oxygen atoms in total. The Balaban J connectivity index is 1.88. The molecule has 0 atom stereocenters. The molecule has 2 aromatic rings. The Morgan fingerprint density at radius 2 is 2.17 bits per heavy atom. The lowest BCUT2D eigenvalue weighted by Crippen LogP contribution is -2.61. The molecule has 0 saturated carbocycles. The number of carbonyl (C=O) groups excluding carboxylic acids is 1. The van der Waals surface area contributed by atoms with Crippen LogP contribution in [0.1, 0.15) is 17.3 Å². The molecule has 1 amide bonds. The first-order valence-corrected chi connectivity index (χ1v) is 5.92. The van der Waals surface area contributed by atoms with Gasteiger partial charge in [0.15, 0.2) is 0 Å². The molecule has 1 aromatic carbocycles. The van der Waals surface area contributed by atoms with Crippen LogP contribution in [0.4, 0.5) is 0 Å². The van der Waals surface area contributed by atoms with Gasteiger partial charge in [0.25, 0.3) is 5.91 Å². The van der Waals surface area contributed by atoms with Crippen molar-refractivity contribution in [2.24, 2.45) is 0 Å². The topological polar surface area (TPSA) is 53.4 Å². The van der Waals surface area contributed by atoms with E-state index in [4.69, 9.17) is 0 Å². The molecule has 1 aromatic heterocycles. The minimum absolute atomic E-state index is 0.0349. The Morgan fingerprint density at radius 3 is 2.89 bits per heavy atom. The van der Waals surface area contributed by atoms with Gasteiger partial charge in [-0.25, -0.2) is 0 Å². The molecule has 0 radical (unpaired) electrons. The van der Waals surface area contributed by atoms with Gasteiger partial charge in [0.1, 0.15) is 0 Å². The highest BCUT2D eigenvalue weighted by molar-refractivity contribution is 5.98. The Morgan fingerprint density at radius 1 is 1.39 bits per heavy atom. The maximum Gasteiger partial charge on any atom is 0.254 e. The second-order valence-corrected chi connectivity index (χ2v) is 5.07. The van der Waals surface area contributed by atoms with Crippen LogP contribution >= 0.6 is 0 Å². The maximum atomic E-state index is 12.2. The zero-order chi connectivity index (χ0) is 12.8. The molecule has 3 rings (SSSR count). The molecule has 0 bridgehead atoms. The number of aromatic nitrogens is 1. The number of nitrogens with zero attached hydrogens (tertiary/aromatic N) is 2. The van der Waals surface area contributed by atoms with Gasteiger partial charge in [0.05, 0.1) is 24.2 Å². The van der Waals surface area contributed by atoms with Crippen LogP contribution in [0.15, 0.2) is 36.5 Å². The predicted octanol–water partition coefficient (Wildman–Crippen LogP) is 1.44. The zero-order valence-electron chi connectivity index (χ0n) is 10.1. The van der Waals surface area contributed by atoms with E-state index in [-0.39, 0.29) is 5.91 Å². The van der Waals surface area contributed by atoms with Crippen molar-refractivity contribution in [2.45, 2.75) is 12.5 Å². The largest absolute Gasteiger partial charge is 0.386 e. The molecule has 1 saturated heterocycles. The molecule has 0 unspecified atom stereocenters. The first kappa shape index (κ1) is 11.2. The van der Waals surface area contributed by atoms with Crippen molar-refractivity contribution in [3.8, 4) is 0 Å². The van der Waals surface area contributed by atoms with E-state index in [1.807, 2.05) is 24.3 Å². The minimum atomic E-state index is -0.728. The number of benzene rings is 1. The number of carbonyl (C=O) groups is 1. The number of likely N-dealkylation sites (tertiary alicyclic amines) is 1. The number of hydrogen-bond donors (Lipinski definition) is 1. The third-order valence-corrected chi connectivity index (χ3v) is 3.20. The summed E-state index contributed by atoms with van der Waals surface area (Å²) < 4.78 is 0. The number of hydrogen-bond acceptors (Lipinski definition) is 3. The van der Waals surface area contributed by atoms with Gasteiger partial charge in [-0.2, -0.15) is 0 Å². The maximum absolute atomic E-state index is 12.2. The first-order chi connectivity index (χ1) is 8.55. The third kappa shape index (κ3) is 1.84. The van der Waals surface area contributed by atoms with Crippen LogP contribution in [-0.4, -0.2) is 39.6 Å². The monoisotopic (exact) mass is 242 g/mol. The van der Waals surface area contributed by atoms with Crippen molar-refractivity contribution in [1.29, 1.82) is 0 Å². The molecule has 0 spiro atoms. The molecule has 1 fully saturated rings. The van der Waals surface area contributed by atoms with Crippen LogP contribution in [0.25, 0.3) is 10.9 Å². The molecular weight excluding hydrogens is 228 g/mol. The van der Waals surface area contributed by atoms with E-state index in [2.05, 4.69) is 4.98 Å². The van der Waals surface area contributed by atoms with E-state index in [9.17, 15) is 9.90 Å². The highest BCUT2D eigenvalue weighted by Crippen LogP contribution is 2.23. The SMILES string of the molecule is CC1(O)CN(C(=O)c2ccc3ncccc3c2)C1. The summed E-state index contributed by atoms with van der Waals surface area (Å²) in [5.41, 5.74) is 0.796. The van der Waals surface area contributed by atoms with Gasteiger partial charge in [0.2, 0.25) is 0 Å². The van der Waals surface area contributed by atoms with Crippen molar-refractivity contribution in [3.05, 3.63) is 42.1 Å². The fraction of sp³-hybridized carbons (Fsp3) is 0.286. The summed E-state index contributed by atoms with van der Waals surface area (Å²) in [6.45, 7) is 2.54. The molecular formula is C14H14N2O2. The van der Waals surface area contributed by atoms with Crippen LogP contribution in [0, 0.1) is 0 Å². The van der Waals surface area contributed by atoms with Crippen molar-refractivity contribution in [1.82, 2.24) is 9.88 Å². The Bertz CT molecular complexity index is 614. The molecule has 2 heterocycles. The minimum Gasteiger partial charge on any atom is -0.386 e. The fourth-order valence-electron chi connectivity index (χ4n) is 2.31. The molecule has 4 heteroatoms. The van der Waals surface area contributed by atoms with E-state index in [1.165, 1.54) is 0 Å². The van der Waals surface area contributed by atoms with Crippen molar-refractivity contribution in [2.75, 3.05) is 13.1 Å². The van der Waals surface area contributed by atoms with Gasteiger partial charge in [-0.3, -0.25) is 9.78 Å². The van der Waals surface area contributed by atoms with Crippen LogP contribution in [-0.2, 0) is 0 Å². The van der Waals surface area contributed by atoms with E-state index in [0.29, 0.717) is 18.7 Å². The Hall–Kier alpha value is -1.94. The van der Waals surface area contributed by atoms with Gasteiger partial charge in [-0.05, 0) is 31.2 Å². The van der Waals surface area contributed by atoms with E-state index < -0.39 is 5.60 Å². The van der Waals surface area contributed by atoms with Gasteiger partial charge in [-0.15, -0.1) is 0 Å². The molecule has 1 N–H and O–H groups in total. The summed E-state index contributed by atoms with van der Waals surface area (Å²) in [6.07, 6.45) is 1.73. The quantitative estimate of drug-likeness (QED) is 0.823. The smallest absolute Gasteiger partial charge is 0.254 e. The summed E-state index contributed by atoms with van der Waals surface area (Å²) >= 11 is 0. The number of β-amino-alcohol motifs (C(OH)–C–C–N with tert-alkyl or cyclic N) is 1. The third-order valence-electron chi connectivity index (χ3n) is 3.20. The lowest BCUT2D eigenvalue weighted by atomic mass is 9.95. The Kier molecular flexibility index (Phi) is 2.35. The van der Waals surface area contributed by atoms with Crippen LogP contribution in [0.3, 0.4) is 0 Å². The summed E-state index contributed by atoms with van der Waals surface area (Å²) in [7, 11) is 0. The molecule has 1 aliphatic rings. The highest BCUT2D eigenvalue weighted by atomic mass is 16.3. The number of amides is 1. The number of rotatable bonds is 1. The normalized spacial score (nSPS) is 17.6. The second kappa shape index (κ2) is 3.78. The number of pyridine rings is 1. The zero-order valence-corrected chi connectivity index (χ0v) is 10.1. The molecule has 0 aliphatic carbocycles. The van der Waals surface area contributed by atoms with E-state index in [0.717, 1.165) is 10.9 Å². The number of aliphatic hydroxyl groups is 1. The van der Waals surface area contributed by atoms with Crippen molar-refractivity contribution >= 4 is 16.8 Å². The fourth-order valence-corrected chi connectivity index (χ4v) is 2.31. The summed E-state index contributed by atoms with van der Waals surface area (Å²) in [6, 6.07) is 9.26. The molecule has 1 aliphatic heterocycles. The summed E-state index contributed by atoms with van der Waals surface area (Å²) in [5.74, 6) is -0.0349. The summed E-state index contributed by atoms with van der Waals surface area (Å²) in [4.78, 5) is 18.0. The highest BCUT2D eigenvalue weighted by Gasteiger charge is 2.39. The van der Waals surface area contributed by atoms with Gasteiger partial charge in [-0.1, -0.05) is 6.07 Å². The molecule has 92 valence electrons. The van der Waals surface area contributed by atoms with Gasteiger partial charge >= 0.3 is 0 Å². The van der Waals surface area contributed by atoms with E-state index in [1.54, 1.807) is 24.1 Å². The van der Waals surface area contributed by atoms with Gasteiger partial charge < -0.3 is 10.0 Å². The first-order valence-electron chi connectivity index (χ1n) is 5.92. The molecule has 18 heavy (non-hydrogen) atoms. The van der Waals surface area contributed by atoms with Gasteiger partial charge in [0, 0.05) is 17.1 Å². The average molecular weight is 242 g/mol.